The van der Waals surface area contributed by atoms with Crippen LogP contribution in [0.1, 0.15) is 61.2 Å². The molecule has 0 spiro atoms. The molecule has 1 saturated carbocycles. The van der Waals surface area contributed by atoms with E-state index >= 15 is 0 Å². The van der Waals surface area contributed by atoms with Gasteiger partial charge >= 0.3 is 7.69 Å². The summed E-state index contributed by atoms with van der Waals surface area (Å²) in [6.07, 6.45) is 6.06. The Labute approximate surface area is 155 Å². The van der Waals surface area contributed by atoms with Gasteiger partial charge in [-0.05, 0) is 62.3 Å². The lowest BCUT2D eigenvalue weighted by Crippen LogP contribution is -2.31. The molecule has 1 N–H and O–H groups in total. The van der Waals surface area contributed by atoms with Crippen LogP contribution < -0.4 is 4.65 Å². The third-order valence-corrected chi connectivity index (χ3v) is 6.73. The largest absolute Gasteiger partial charge is 0.569 e. The van der Waals surface area contributed by atoms with E-state index in [0.717, 1.165) is 35.9 Å². The second kappa shape index (κ2) is 8.06. The van der Waals surface area contributed by atoms with Crippen LogP contribution in [0.5, 0.6) is 5.06 Å². The highest BCUT2D eigenvalue weighted by Gasteiger charge is 2.29. The van der Waals surface area contributed by atoms with Gasteiger partial charge in [-0.15, -0.1) is 0 Å². The summed E-state index contributed by atoms with van der Waals surface area (Å²) in [4.78, 5) is 15.3. The third-order valence-electron chi connectivity index (χ3n) is 5.60. The first-order chi connectivity index (χ1) is 12.0. The zero-order valence-electron chi connectivity index (χ0n) is 15.4. The second-order valence-corrected chi connectivity index (χ2v) is 8.55. The molecule has 1 aliphatic carbocycles. The van der Waals surface area contributed by atoms with E-state index in [-0.39, 0.29) is 5.78 Å². The molecule has 3 rings (SSSR count). The van der Waals surface area contributed by atoms with Crippen LogP contribution in [0.3, 0.4) is 0 Å². The molecule has 0 bridgehead atoms. The molecule has 0 unspecified atom stereocenters. The lowest BCUT2D eigenvalue weighted by atomic mass is 9.75. The first kappa shape index (κ1) is 18.7. The molecule has 6 heteroatoms. The molecular formula is C19H27BNO3S. The molecule has 0 amide bonds. The molecule has 2 heterocycles. The fraction of sp³-hybridized carbons (Fsp3) is 0.632. The maximum Gasteiger partial charge on any atom is 0.569 e. The number of hydrogen-bond acceptors (Lipinski definition) is 5. The van der Waals surface area contributed by atoms with Gasteiger partial charge in [0, 0.05) is 18.7 Å². The molecular weight excluding hydrogens is 333 g/mol. The zero-order valence-corrected chi connectivity index (χ0v) is 16.2. The molecule has 1 aliphatic heterocycles. The smallest absolute Gasteiger partial charge is 0.530 e. The summed E-state index contributed by atoms with van der Waals surface area (Å²) in [6, 6.07) is 1.93. The maximum atomic E-state index is 12.2. The van der Waals surface area contributed by atoms with E-state index in [2.05, 4.69) is 18.9 Å². The summed E-state index contributed by atoms with van der Waals surface area (Å²) < 4.78 is 5.15. The monoisotopic (exact) mass is 360 g/mol. The van der Waals surface area contributed by atoms with Crippen molar-refractivity contribution in [2.24, 2.45) is 11.8 Å². The van der Waals surface area contributed by atoms with E-state index in [1.807, 2.05) is 6.07 Å². The maximum absolute atomic E-state index is 12.2. The summed E-state index contributed by atoms with van der Waals surface area (Å²) in [7, 11) is 2.86. The average molecular weight is 360 g/mol. The van der Waals surface area contributed by atoms with Crippen molar-refractivity contribution in [3.05, 3.63) is 22.1 Å². The van der Waals surface area contributed by atoms with Crippen LogP contribution >= 0.6 is 11.3 Å². The van der Waals surface area contributed by atoms with Crippen LogP contribution in [0.15, 0.2) is 11.6 Å². The number of thiophene rings is 1. The van der Waals surface area contributed by atoms with Gasteiger partial charge in [-0.2, -0.15) is 0 Å². The minimum absolute atomic E-state index is 0.0656. The lowest BCUT2D eigenvalue weighted by Gasteiger charge is -2.35. The Balaban J connectivity index is 2.01. The van der Waals surface area contributed by atoms with Crippen LogP contribution in [0.25, 0.3) is 5.57 Å². The van der Waals surface area contributed by atoms with E-state index in [4.69, 9.17) is 9.68 Å². The second-order valence-electron chi connectivity index (χ2n) is 7.54. The lowest BCUT2D eigenvalue weighted by molar-refractivity contribution is 0.102. The van der Waals surface area contributed by atoms with Gasteiger partial charge in [0.1, 0.15) is 0 Å². The van der Waals surface area contributed by atoms with Crippen molar-refractivity contribution >= 4 is 30.4 Å². The summed E-state index contributed by atoms with van der Waals surface area (Å²) >= 11 is 1.32. The molecule has 135 valence electrons. The summed E-state index contributed by atoms with van der Waals surface area (Å²) in [5, 5.41) is 9.51. The van der Waals surface area contributed by atoms with Crippen molar-refractivity contribution < 1.29 is 14.5 Å². The Hall–Kier alpha value is -1.11. The van der Waals surface area contributed by atoms with E-state index in [9.17, 15) is 4.79 Å². The number of likely N-dealkylation sites (N-methyl/N-ethyl adjacent to an activating group) is 1. The summed E-state index contributed by atoms with van der Waals surface area (Å²) in [5.41, 5.74) is 3.88. The van der Waals surface area contributed by atoms with E-state index in [1.165, 1.54) is 48.2 Å². The van der Waals surface area contributed by atoms with Crippen LogP contribution in [0.2, 0.25) is 0 Å². The minimum Gasteiger partial charge on any atom is -0.530 e. The first-order valence-corrected chi connectivity index (χ1v) is 9.99. The number of hydrogen-bond donors (Lipinski definition) is 1. The fourth-order valence-corrected chi connectivity index (χ4v) is 5.09. The standard InChI is InChI=1S/C19H27BNO3S/c1-12-4-6-14(7-5-12)17-11-21(3)9-8-15(17)16-10-18(24-20-23)25-19(16)13(2)22/h10,12,14,23H,4-9,11H2,1-3H3. The molecule has 1 aromatic rings. The van der Waals surface area contributed by atoms with Gasteiger partial charge in [0.15, 0.2) is 10.8 Å². The number of carbonyl (C=O) groups excluding carboxylic acids is 1. The predicted octanol–water partition coefficient (Wildman–Crippen LogP) is 3.77. The SMILES string of the molecule is CC(=O)c1sc(O[B]O)cc1C1=C(C2CCC(C)CC2)CN(C)CC1. The van der Waals surface area contributed by atoms with Crippen molar-refractivity contribution in [3.8, 4) is 5.06 Å². The molecule has 1 aromatic heterocycles. The fourth-order valence-electron chi connectivity index (χ4n) is 4.18. The van der Waals surface area contributed by atoms with Gasteiger partial charge in [-0.1, -0.05) is 31.1 Å². The van der Waals surface area contributed by atoms with E-state index in [0.29, 0.717) is 18.7 Å². The third kappa shape index (κ3) is 4.18. The Bertz CT molecular complexity index is 662. The van der Waals surface area contributed by atoms with Crippen LogP contribution in [0, 0.1) is 11.8 Å². The number of carbonyl (C=O) groups is 1. The topological polar surface area (TPSA) is 49.8 Å². The Morgan fingerprint density at radius 2 is 2.08 bits per heavy atom. The summed E-state index contributed by atoms with van der Waals surface area (Å²) in [5.74, 6) is 1.52. The molecule has 0 saturated heterocycles. The number of Topliss-reactive ketones (excluding diaryl/α,β-unsaturated/α-hetero) is 1. The van der Waals surface area contributed by atoms with Crippen LogP contribution in [-0.4, -0.2) is 43.5 Å². The molecule has 1 radical (unpaired) electrons. The van der Waals surface area contributed by atoms with Gasteiger partial charge in [-0.25, -0.2) is 0 Å². The van der Waals surface area contributed by atoms with Crippen LogP contribution in [-0.2, 0) is 0 Å². The normalized spacial score (nSPS) is 25.1. The predicted molar refractivity (Wildman–Crippen MR) is 103 cm³/mol. The van der Waals surface area contributed by atoms with Crippen molar-refractivity contribution in [1.29, 1.82) is 0 Å². The number of nitrogens with zero attached hydrogens (tertiary/aromatic N) is 1. The van der Waals surface area contributed by atoms with Gasteiger partial charge in [0.2, 0.25) is 0 Å². The Morgan fingerprint density at radius 3 is 2.72 bits per heavy atom. The Kier molecular flexibility index (Phi) is 6.02. The van der Waals surface area contributed by atoms with Crippen molar-refractivity contribution in [2.75, 3.05) is 20.1 Å². The van der Waals surface area contributed by atoms with Crippen molar-refractivity contribution in [3.63, 3.8) is 0 Å². The van der Waals surface area contributed by atoms with E-state index < -0.39 is 0 Å². The van der Waals surface area contributed by atoms with Gasteiger partial charge < -0.3 is 14.6 Å². The average Bonchev–Trinajstić information content (AvgIpc) is 3.00. The molecule has 25 heavy (non-hydrogen) atoms. The van der Waals surface area contributed by atoms with Crippen LogP contribution in [0.4, 0.5) is 0 Å². The van der Waals surface area contributed by atoms with Gasteiger partial charge in [0.25, 0.3) is 0 Å². The molecule has 1 fully saturated rings. The number of ketones is 1. The molecule has 0 atom stereocenters. The molecule has 4 nitrogen and oxygen atoms in total. The highest BCUT2D eigenvalue weighted by molar-refractivity contribution is 7.16. The Morgan fingerprint density at radius 1 is 1.36 bits per heavy atom. The minimum atomic E-state index is 0.0656. The first-order valence-electron chi connectivity index (χ1n) is 9.17. The van der Waals surface area contributed by atoms with Crippen molar-refractivity contribution in [1.82, 2.24) is 4.90 Å². The summed E-state index contributed by atoms with van der Waals surface area (Å²) in [6.45, 7) is 5.96. The van der Waals surface area contributed by atoms with Gasteiger partial charge in [-0.3, -0.25) is 4.79 Å². The van der Waals surface area contributed by atoms with Gasteiger partial charge in [0.05, 0.1) is 4.88 Å². The molecule has 2 aliphatic rings. The number of rotatable bonds is 5. The molecule has 0 aromatic carbocycles. The highest BCUT2D eigenvalue weighted by atomic mass is 32.1. The zero-order chi connectivity index (χ0) is 18.0. The highest BCUT2D eigenvalue weighted by Crippen LogP contribution is 2.43. The quantitative estimate of drug-likeness (QED) is 0.642. The van der Waals surface area contributed by atoms with E-state index in [1.54, 1.807) is 6.92 Å². The van der Waals surface area contributed by atoms with Crippen molar-refractivity contribution in [2.45, 2.75) is 46.0 Å².